The zero-order chi connectivity index (χ0) is 12.1. The second-order valence-electron chi connectivity index (χ2n) is 2.62. The molecule has 0 bridgehead atoms. The molecule has 0 heterocycles. The number of rotatable bonds is 5. The van der Waals surface area contributed by atoms with Gasteiger partial charge in [-0.25, -0.2) is 4.79 Å². The Hall–Kier alpha value is -0.470. The van der Waals surface area contributed by atoms with Crippen LogP contribution in [-0.2, 0) is 19.1 Å². The van der Waals surface area contributed by atoms with E-state index in [1.165, 1.54) is 29.5 Å². The molecule has 0 aromatic rings. The van der Waals surface area contributed by atoms with E-state index in [2.05, 4.69) is 9.47 Å². The fraction of sp³-hybridized carbons (Fsp3) is 0.750. The summed E-state index contributed by atoms with van der Waals surface area (Å²) in [5, 5.41) is 0. The second-order valence-corrected chi connectivity index (χ2v) is 4.12. The number of methoxy groups -OCH3 is 1. The van der Waals surface area contributed by atoms with Crippen LogP contribution in [-0.4, -0.2) is 35.5 Å². The Labute approximate surface area is 99.4 Å². The molecule has 0 aliphatic rings. The summed E-state index contributed by atoms with van der Waals surface area (Å²) in [4.78, 5) is 21.6. The average Bonchev–Trinajstić information content (AvgIpc) is 2.16. The van der Waals surface area contributed by atoms with Crippen molar-refractivity contribution >= 4 is 34.5 Å². The van der Waals surface area contributed by atoms with Gasteiger partial charge in [-0.05, 0) is 6.92 Å². The highest BCUT2D eigenvalue weighted by atomic mass is 127. The highest BCUT2D eigenvalue weighted by Crippen LogP contribution is 2.26. The number of carbonyl (C=O) groups is 2. The molecule has 0 N–H and O–H groups in total. The molecule has 0 radical (unpaired) electrons. The summed E-state index contributed by atoms with van der Waals surface area (Å²) in [5.74, 6) is -6.06. The van der Waals surface area contributed by atoms with Gasteiger partial charge in [0.1, 0.15) is 3.92 Å². The minimum absolute atomic E-state index is 0.126. The van der Waals surface area contributed by atoms with Gasteiger partial charge in [0.05, 0.1) is 13.7 Å². The number of carbonyl (C=O) groups excluding carboxylic acids is 2. The van der Waals surface area contributed by atoms with Crippen LogP contribution in [0.15, 0.2) is 0 Å². The molecule has 15 heavy (non-hydrogen) atoms. The van der Waals surface area contributed by atoms with Gasteiger partial charge in [-0.15, -0.1) is 0 Å². The third-order valence-electron chi connectivity index (χ3n) is 1.47. The van der Waals surface area contributed by atoms with Crippen molar-refractivity contribution in [3.05, 3.63) is 0 Å². The largest absolute Gasteiger partial charge is 0.468 e. The van der Waals surface area contributed by atoms with Crippen LogP contribution in [0.1, 0.15) is 13.3 Å². The first-order valence-electron chi connectivity index (χ1n) is 4.12. The molecule has 88 valence electrons. The zero-order valence-electron chi connectivity index (χ0n) is 8.26. The van der Waals surface area contributed by atoms with E-state index in [-0.39, 0.29) is 6.61 Å². The topological polar surface area (TPSA) is 52.6 Å². The minimum atomic E-state index is -3.66. The Bertz CT molecular complexity index is 245. The van der Waals surface area contributed by atoms with Crippen LogP contribution in [0.3, 0.4) is 0 Å². The van der Waals surface area contributed by atoms with Gasteiger partial charge >= 0.3 is 17.9 Å². The van der Waals surface area contributed by atoms with Crippen LogP contribution in [0.4, 0.5) is 8.78 Å². The third-order valence-corrected chi connectivity index (χ3v) is 2.42. The second kappa shape index (κ2) is 6.19. The highest BCUT2D eigenvalue weighted by molar-refractivity contribution is 14.1. The highest BCUT2D eigenvalue weighted by Gasteiger charge is 2.44. The molecule has 1 atom stereocenters. The van der Waals surface area contributed by atoms with Crippen molar-refractivity contribution < 1.29 is 27.8 Å². The van der Waals surface area contributed by atoms with Gasteiger partial charge in [-0.1, -0.05) is 22.6 Å². The summed E-state index contributed by atoms with van der Waals surface area (Å²) in [6, 6.07) is 0. The lowest BCUT2D eigenvalue weighted by Crippen LogP contribution is -2.35. The molecule has 0 aliphatic carbocycles. The molecule has 1 unspecified atom stereocenters. The van der Waals surface area contributed by atoms with Crippen molar-refractivity contribution in [2.24, 2.45) is 0 Å². The number of hydrogen-bond acceptors (Lipinski definition) is 4. The van der Waals surface area contributed by atoms with E-state index in [9.17, 15) is 18.4 Å². The quantitative estimate of drug-likeness (QED) is 0.434. The van der Waals surface area contributed by atoms with Crippen LogP contribution < -0.4 is 0 Å². The normalized spacial score (nSPS) is 13.1. The first-order valence-corrected chi connectivity index (χ1v) is 5.36. The summed E-state index contributed by atoms with van der Waals surface area (Å²) in [5.41, 5.74) is 0. The molecule has 0 aromatic carbocycles. The average molecular weight is 336 g/mol. The third kappa shape index (κ3) is 4.72. The number of halogens is 3. The SMILES string of the molecule is CCOC(=O)C(F)(F)CC(I)C(=O)OC. The lowest BCUT2D eigenvalue weighted by molar-refractivity contribution is -0.172. The lowest BCUT2D eigenvalue weighted by Gasteiger charge is -2.16. The fourth-order valence-corrected chi connectivity index (χ4v) is 1.56. The van der Waals surface area contributed by atoms with Crippen LogP contribution in [0.2, 0.25) is 0 Å². The van der Waals surface area contributed by atoms with E-state index in [4.69, 9.17) is 0 Å². The molecule has 0 rings (SSSR count). The zero-order valence-corrected chi connectivity index (χ0v) is 10.4. The lowest BCUT2D eigenvalue weighted by atomic mass is 10.2. The first kappa shape index (κ1) is 14.5. The molecular formula is C8H11F2IO4. The van der Waals surface area contributed by atoms with Gasteiger partial charge in [-0.3, -0.25) is 4.79 Å². The van der Waals surface area contributed by atoms with Crippen LogP contribution in [0.5, 0.6) is 0 Å². The Balaban J connectivity index is 4.36. The monoisotopic (exact) mass is 336 g/mol. The molecule has 0 saturated heterocycles. The van der Waals surface area contributed by atoms with E-state index in [1.807, 2.05) is 0 Å². The summed E-state index contributed by atoms with van der Waals surface area (Å²) in [6.07, 6.45) is -0.918. The van der Waals surface area contributed by atoms with Crippen molar-refractivity contribution in [3.63, 3.8) is 0 Å². The molecule has 0 fully saturated rings. The molecule has 0 aromatic heterocycles. The van der Waals surface area contributed by atoms with Gasteiger partial charge in [0.2, 0.25) is 0 Å². The van der Waals surface area contributed by atoms with E-state index in [0.717, 1.165) is 7.11 Å². The van der Waals surface area contributed by atoms with E-state index in [1.54, 1.807) is 0 Å². The van der Waals surface area contributed by atoms with E-state index < -0.39 is 28.2 Å². The molecule has 7 heteroatoms. The van der Waals surface area contributed by atoms with Crippen molar-refractivity contribution in [1.82, 2.24) is 0 Å². The molecule has 0 amide bonds. The number of alkyl halides is 3. The Kier molecular flexibility index (Phi) is 5.99. The van der Waals surface area contributed by atoms with Gasteiger partial charge in [0, 0.05) is 6.42 Å². The van der Waals surface area contributed by atoms with Crippen LogP contribution in [0, 0.1) is 0 Å². The first-order chi connectivity index (χ1) is 6.85. The summed E-state index contributed by atoms with van der Waals surface area (Å²) >= 11 is 1.49. The van der Waals surface area contributed by atoms with Crippen LogP contribution >= 0.6 is 22.6 Å². The Morgan fingerprint density at radius 3 is 2.40 bits per heavy atom. The molecule has 0 aliphatic heterocycles. The predicted octanol–water partition coefficient (Wildman–Crippen LogP) is 1.55. The van der Waals surface area contributed by atoms with Gasteiger partial charge in [0.15, 0.2) is 0 Å². The van der Waals surface area contributed by atoms with Gasteiger partial charge < -0.3 is 9.47 Å². The summed E-state index contributed by atoms with van der Waals surface area (Å²) in [6.45, 7) is 1.30. The maximum Gasteiger partial charge on any atom is 0.377 e. The maximum absolute atomic E-state index is 13.1. The molecular weight excluding hydrogens is 325 g/mol. The smallest absolute Gasteiger partial charge is 0.377 e. The predicted molar refractivity (Wildman–Crippen MR) is 56.0 cm³/mol. The Morgan fingerprint density at radius 2 is 2.00 bits per heavy atom. The Morgan fingerprint density at radius 1 is 1.47 bits per heavy atom. The summed E-state index contributed by atoms with van der Waals surface area (Å²) < 4.78 is 33.5. The summed E-state index contributed by atoms with van der Waals surface area (Å²) in [7, 11) is 1.09. The standard InChI is InChI=1S/C8H11F2IO4/c1-3-15-7(13)8(9,10)4-5(11)6(12)14-2/h5H,3-4H2,1-2H3. The molecule has 0 saturated carbocycles. The molecule has 0 spiro atoms. The van der Waals surface area contributed by atoms with Crippen molar-refractivity contribution in [2.75, 3.05) is 13.7 Å². The number of hydrogen-bond donors (Lipinski definition) is 0. The van der Waals surface area contributed by atoms with Gasteiger partial charge in [0.25, 0.3) is 0 Å². The van der Waals surface area contributed by atoms with E-state index in [0.29, 0.717) is 0 Å². The maximum atomic E-state index is 13.1. The van der Waals surface area contributed by atoms with Crippen molar-refractivity contribution in [2.45, 2.75) is 23.2 Å². The van der Waals surface area contributed by atoms with E-state index >= 15 is 0 Å². The molecule has 4 nitrogen and oxygen atoms in total. The minimum Gasteiger partial charge on any atom is -0.468 e. The van der Waals surface area contributed by atoms with Gasteiger partial charge in [-0.2, -0.15) is 8.78 Å². The number of ether oxygens (including phenoxy) is 2. The van der Waals surface area contributed by atoms with Crippen LogP contribution in [0.25, 0.3) is 0 Å². The number of esters is 2. The fourth-order valence-electron chi connectivity index (χ4n) is 0.756. The van der Waals surface area contributed by atoms with Crippen molar-refractivity contribution in [3.8, 4) is 0 Å². The van der Waals surface area contributed by atoms with Crippen molar-refractivity contribution in [1.29, 1.82) is 0 Å².